The Morgan fingerprint density at radius 2 is 1.85 bits per heavy atom. The van der Waals surface area contributed by atoms with Crippen LogP contribution in [0.25, 0.3) is 10.8 Å². The highest BCUT2D eigenvalue weighted by Gasteiger charge is 2.35. The van der Waals surface area contributed by atoms with Gasteiger partial charge in [0.1, 0.15) is 6.04 Å². The van der Waals surface area contributed by atoms with E-state index in [2.05, 4.69) is 25.1 Å². The molecule has 1 N–H and O–H groups in total. The van der Waals surface area contributed by atoms with Crippen LogP contribution in [0.5, 0.6) is 0 Å². The number of fused-ring (bicyclic) bond motifs is 1. The smallest absolute Gasteiger partial charge is 0.325 e. The van der Waals surface area contributed by atoms with Gasteiger partial charge in [0.05, 0.1) is 0 Å². The van der Waals surface area contributed by atoms with E-state index < -0.39 is 12.0 Å². The Balaban J connectivity index is 2.02. The van der Waals surface area contributed by atoms with E-state index in [0.717, 1.165) is 29.2 Å². The summed E-state index contributed by atoms with van der Waals surface area (Å²) in [6.07, 6.45) is 2.21. The molecule has 20 heavy (non-hydrogen) atoms. The first kappa shape index (κ1) is 13.1. The summed E-state index contributed by atoms with van der Waals surface area (Å²) in [6.45, 7) is 2.06. The number of carboxylic acid groups (broad SMARTS) is 1. The Labute approximate surface area is 118 Å². The molecule has 3 rings (SSSR count). The monoisotopic (exact) mass is 269 g/mol. The minimum absolute atomic E-state index is 0.421. The van der Waals surface area contributed by atoms with Crippen LogP contribution in [-0.2, 0) is 4.79 Å². The van der Waals surface area contributed by atoms with E-state index in [1.165, 1.54) is 5.56 Å². The second-order valence-electron chi connectivity index (χ2n) is 5.75. The molecule has 1 fully saturated rings. The third kappa shape index (κ3) is 2.41. The van der Waals surface area contributed by atoms with Crippen LogP contribution in [0.4, 0.5) is 0 Å². The highest BCUT2D eigenvalue weighted by atomic mass is 16.4. The van der Waals surface area contributed by atoms with Crippen molar-refractivity contribution in [2.75, 3.05) is 7.05 Å². The van der Waals surface area contributed by atoms with E-state index in [4.69, 9.17) is 0 Å². The quantitative estimate of drug-likeness (QED) is 0.925. The molecule has 1 unspecified atom stereocenters. The summed E-state index contributed by atoms with van der Waals surface area (Å²) in [5.41, 5.74) is 2.08. The second kappa shape index (κ2) is 4.91. The maximum atomic E-state index is 11.6. The lowest BCUT2D eigenvalue weighted by Gasteiger charge is -2.25. The molecule has 3 nitrogen and oxygen atoms in total. The Morgan fingerprint density at radius 1 is 1.20 bits per heavy atom. The minimum atomic E-state index is -0.772. The predicted octanol–water partition coefficient (Wildman–Crippen LogP) is 3.37. The molecule has 1 atom stereocenters. The van der Waals surface area contributed by atoms with Gasteiger partial charge in [-0.1, -0.05) is 35.9 Å². The molecule has 1 saturated carbocycles. The second-order valence-corrected chi connectivity index (χ2v) is 5.75. The van der Waals surface area contributed by atoms with Crippen LogP contribution in [-0.4, -0.2) is 29.1 Å². The number of hydrogen-bond acceptors (Lipinski definition) is 2. The van der Waals surface area contributed by atoms with Crippen molar-refractivity contribution < 1.29 is 9.90 Å². The number of rotatable bonds is 4. The van der Waals surface area contributed by atoms with Gasteiger partial charge in [-0.3, -0.25) is 9.69 Å². The first-order chi connectivity index (χ1) is 9.56. The van der Waals surface area contributed by atoms with Crippen LogP contribution in [0.1, 0.15) is 30.0 Å². The van der Waals surface area contributed by atoms with Crippen molar-refractivity contribution in [2.24, 2.45) is 0 Å². The number of nitrogens with zero attached hydrogens (tertiary/aromatic N) is 1. The predicted molar refractivity (Wildman–Crippen MR) is 79.8 cm³/mol. The maximum absolute atomic E-state index is 11.6. The Bertz CT molecular complexity index is 661. The molecule has 0 aromatic heterocycles. The van der Waals surface area contributed by atoms with E-state index in [1.807, 2.05) is 30.1 Å². The third-order valence-corrected chi connectivity index (χ3v) is 4.10. The number of carbonyl (C=O) groups is 1. The highest BCUT2D eigenvalue weighted by Crippen LogP contribution is 2.34. The van der Waals surface area contributed by atoms with Gasteiger partial charge in [0, 0.05) is 6.04 Å². The number of aliphatic carboxylic acids is 1. The van der Waals surface area contributed by atoms with Crippen LogP contribution in [0.3, 0.4) is 0 Å². The molecule has 0 heterocycles. The SMILES string of the molecule is Cc1ccc2cc(C(C(=O)O)N(C)C3CC3)ccc2c1. The van der Waals surface area contributed by atoms with Crippen molar-refractivity contribution in [3.05, 3.63) is 47.5 Å². The molecule has 0 saturated heterocycles. The van der Waals surface area contributed by atoms with Crippen LogP contribution in [0.2, 0.25) is 0 Å². The lowest BCUT2D eigenvalue weighted by Crippen LogP contribution is -2.32. The molecule has 0 aliphatic heterocycles. The average molecular weight is 269 g/mol. The molecule has 0 radical (unpaired) electrons. The zero-order valence-electron chi connectivity index (χ0n) is 11.8. The summed E-state index contributed by atoms with van der Waals surface area (Å²) in [5, 5.41) is 11.8. The topological polar surface area (TPSA) is 40.5 Å². The normalized spacial score (nSPS) is 16.6. The van der Waals surface area contributed by atoms with E-state index in [1.54, 1.807) is 0 Å². The van der Waals surface area contributed by atoms with Gasteiger partial charge >= 0.3 is 5.97 Å². The van der Waals surface area contributed by atoms with Crippen molar-refractivity contribution in [3.63, 3.8) is 0 Å². The first-order valence-corrected chi connectivity index (χ1v) is 7.01. The molecular formula is C17H19NO2. The van der Waals surface area contributed by atoms with Crippen LogP contribution in [0, 0.1) is 6.92 Å². The molecule has 2 aromatic rings. The zero-order valence-corrected chi connectivity index (χ0v) is 11.8. The molecule has 1 aliphatic rings. The van der Waals surface area contributed by atoms with E-state index in [9.17, 15) is 9.90 Å². The van der Waals surface area contributed by atoms with Gasteiger partial charge in [-0.25, -0.2) is 0 Å². The van der Waals surface area contributed by atoms with Crippen LogP contribution < -0.4 is 0 Å². The van der Waals surface area contributed by atoms with Crippen molar-refractivity contribution in [2.45, 2.75) is 31.8 Å². The van der Waals surface area contributed by atoms with Gasteiger partial charge in [0.25, 0.3) is 0 Å². The van der Waals surface area contributed by atoms with Gasteiger partial charge in [0.2, 0.25) is 0 Å². The van der Waals surface area contributed by atoms with Gasteiger partial charge in [-0.05, 0) is 49.2 Å². The number of hydrogen-bond donors (Lipinski definition) is 1. The highest BCUT2D eigenvalue weighted by molar-refractivity contribution is 5.85. The van der Waals surface area contributed by atoms with Crippen LogP contribution in [0.15, 0.2) is 36.4 Å². The summed E-state index contributed by atoms with van der Waals surface area (Å²) in [7, 11) is 1.91. The summed E-state index contributed by atoms with van der Waals surface area (Å²) < 4.78 is 0. The standard InChI is InChI=1S/C17H19NO2/c1-11-3-4-13-10-14(6-5-12(13)9-11)16(17(19)20)18(2)15-7-8-15/h3-6,9-10,15-16H,7-8H2,1-2H3,(H,19,20). The molecular weight excluding hydrogens is 250 g/mol. The molecule has 0 spiro atoms. The molecule has 0 bridgehead atoms. The van der Waals surface area contributed by atoms with Crippen molar-refractivity contribution in [1.82, 2.24) is 4.90 Å². The third-order valence-electron chi connectivity index (χ3n) is 4.10. The van der Waals surface area contributed by atoms with Crippen molar-refractivity contribution >= 4 is 16.7 Å². The van der Waals surface area contributed by atoms with Gasteiger partial charge < -0.3 is 5.11 Å². The van der Waals surface area contributed by atoms with Gasteiger partial charge in [-0.15, -0.1) is 0 Å². The Hall–Kier alpha value is -1.87. The first-order valence-electron chi connectivity index (χ1n) is 7.01. The summed E-state index contributed by atoms with van der Waals surface area (Å²) in [4.78, 5) is 13.6. The van der Waals surface area contributed by atoms with E-state index in [-0.39, 0.29) is 0 Å². The fraction of sp³-hybridized carbons (Fsp3) is 0.353. The zero-order chi connectivity index (χ0) is 14.3. The lowest BCUT2D eigenvalue weighted by atomic mass is 10.00. The fourth-order valence-corrected chi connectivity index (χ4v) is 2.80. The summed E-state index contributed by atoms with van der Waals surface area (Å²) in [5.74, 6) is -0.772. The minimum Gasteiger partial charge on any atom is -0.480 e. The molecule has 1 aliphatic carbocycles. The van der Waals surface area contributed by atoms with E-state index >= 15 is 0 Å². The largest absolute Gasteiger partial charge is 0.480 e. The van der Waals surface area contributed by atoms with Crippen LogP contribution >= 0.6 is 0 Å². The van der Waals surface area contributed by atoms with Crippen molar-refractivity contribution in [1.29, 1.82) is 0 Å². The van der Waals surface area contributed by atoms with E-state index in [0.29, 0.717) is 6.04 Å². The number of benzene rings is 2. The van der Waals surface area contributed by atoms with Gasteiger partial charge in [0.15, 0.2) is 0 Å². The summed E-state index contributed by atoms with van der Waals surface area (Å²) in [6, 6.07) is 12.1. The Morgan fingerprint density at radius 3 is 2.50 bits per heavy atom. The fourth-order valence-electron chi connectivity index (χ4n) is 2.80. The molecule has 3 heteroatoms. The lowest BCUT2D eigenvalue weighted by molar-refractivity contribution is -0.143. The molecule has 104 valence electrons. The number of aryl methyl sites for hydroxylation is 1. The van der Waals surface area contributed by atoms with Gasteiger partial charge in [-0.2, -0.15) is 0 Å². The summed E-state index contributed by atoms with van der Waals surface area (Å²) >= 11 is 0. The maximum Gasteiger partial charge on any atom is 0.325 e. The van der Waals surface area contributed by atoms with Crippen molar-refractivity contribution in [3.8, 4) is 0 Å². The molecule has 0 amide bonds. The Kier molecular flexibility index (Phi) is 3.22. The average Bonchev–Trinajstić information content (AvgIpc) is 3.23. The molecule has 2 aromatic carbocycles. The number of carboxylic acids is 1. The number of likely N-dealkylation sites (N-methyl/N-ethyl adjacent to an activating group) is 1.